The number of aromatic nitrogens is 1. The standard InChI is InChI=1S/C29H23N3O5S/c1-36-20-8-5-7-19(16-20)27-22-12-11-18-6-3-4-9-21(18)26(22)30-29-31(27)28(33)25(38-29)15-17-10-13-24(37-2)23(14-17)32(34)35/h3-10,13-16,27H,11-12H2,1-2H3/b25-15-/t27-/m1/s1. The molecule has 0 fully saturated rings. The molecular weight excluding hydrogens is 502 g/mol. The average Bonchev–Trinajstić information content (AvgIpc) is 3.25. The zero-order chi connectivity index (χ0) is 26.4. The molecule has 3 aromatic carbocycles. The van der Waals surface area contributed by atoms with Crippen molar-refractivity contribution in [2.45, 2.75) is 18.9 Å². The molecule has 2 heterocycles. The van der Waals surface area contributed by atoms with E-state index in [1.807, 2.05) is 36.4 Å². The Kier molecular flexibility index (Phi) is 5.92. The molecule has 9 heteroatoms. The minimum absolute atomic E-state index is 0.157. The molecule has 0 amide bonds. The minimum Gasteiger partial charge on any atom is -0.497 e. The summed E-state index contributed by atoms with van der Waals surface area (Å²) in [5.74, 6) is 0.878. The number of aryl methyl sites for hydroxylation is 1. The summed E-state index contributed by atoms with van der Waals surface area (Å²) in [5, 5.41) is 11.5. The molecule has 1 atom stereocenters. The molecule has 0 N–H and O–H groups in total. The first kappa shape index (κ1) is 23.9. The molecule has 0 saturated carbocycles. The minimum atomic E-state index is -0.494. The molecule has 8 nitrogen and oxygen atoms in total. The van der Waals surface area contributed by atoms with Crippen LogP contribution in [0.1, 0.15) is 34.7 Å². The van der Waals surface area contributed by atoms with Crippen LogP contribution in [0.2, 0.25) is 0 Å². The molecule has 1 aliphatic heterocycles. The molecule has 1 aromatic heterocycles. The van der Waals surface area contributed by atoms with Crippen molar-refractivity contribution in [3.8, 4) is 11.5 Å². The average molecular weight is 526 g/mol. The Morgan fingerprint density at radius 1 is 1.05 bits per heavy atom. The Labute approximate surface area is 221 Å². The van der Waals surface area contributed by atoms with Gasteiger partial charge in [0.15, 0.2) is 10.6 Å². The lowest BCUT2D eigenvalue weighted by Crippen LogP contribution is -2.38. The van der Waals surface area contributed by atoms with E-state index < -0.39 is 4.92 Å². The number of hydrogen-bond donors (Lipinski definition) is 0. The van der Waals surface area contributed by atoms with Crippen molar-refractivity contribution in [3.63, 3.8) is 0 Å². The van der Waals surface area contributed by atoms with Crippen molar-refractivity contribution in [3.05, 3.63) is 124 Å². The molecule has 2 aliphatic rings. The number of hydrogen-bond acceptors (Lipinski definition) is 7. The van der Waals surface area contributed by atoms with Crippen molar-refractivity contribution in [2.24, 2.45) is 4.99 Å². The number of allylic oxidation sites excluding steroid dienone is 1. The summed E-state index contributed by atoms with van der Waals surface area (Å²) in [6.45, 7) is 0. The van der Waals surface area contributed by atoms with E-state index >= 15 is 0 Å². The fourth-order valence-electron chi connectivity index (χ4n) is 5.22. The summed E-state index contributed by atoms with van der Waals surface area (Å²) in [5.41, 5.74) is 5.46. The number of thiazole rings is 1. The molecule has 38 heavy (non-hydrogen) atoms. The van der Waals surface area contributed by atoms with Gasteiger partial charge >= 0.3 is 5.69 Å². The maximum absolute atomic E-state index is 13.9. The summed E-state index contributed by atoms with van der Waals surface area (Å²) in [6.07, 6.45) is 3.33. The number of fused-ring (bicyclic) bond motifs is 3. The smallest absolute Gasteiger partial charge is 0.311 e. The molecule has 4 aromatic rings. The lowest BCUT2D eigenvalue weighted by Gasteiger charge is -2.31. The molecule has 0 saturated heterocycles. The van der Waals surface area contributed by atoms with Crippen LogP contribution in [0.25, 0.3) is 11.8 Å². The number of nitrogens with zero attached hydrogens (tertiary/aromatic N) is 3. The summed E-state index contributed by atoms with van der Waals surface area (Å²) < 4.78 is 12.8. The predicted molar refractivity (Wildman–Crippen MR) is 145 cm³/mol. The Hall–Kier alpha value is -4.50. The van der Waals surface area contributed by atoms with Crippen molar-refractivity contribution in [2.75, 3.05) is 14.2 Å². The highest BCUT2D eigenvalue weighted by atomic mass is 32.1. The number of benzene rings is 3. The van der Waals surface area contributed by atoms with Gasteiger partial charge in [-0.2, -0.15) is 0 Å². The highest BCUT2D eigenvalue weighted by Gasteiger charge is 2.32. The van der Waals surface area contributed by atoms with Gasteiger partial charge in [-0.1, -0.05) is 53.8 Å². The zero-order valence-corrected chi connectivity index (χ0v) is 21.5. The lowest BCUT2D eigenvalue weighted by molar-refractivity contribution is -0.385. The highest BCUT2D eigenvalue weighted by Crippen LogP contribution is 2.41. The zero-order valence-electron chi connectivity index (χ0n) is 20.7. The van der Waals surface area contributed by atoms with E-state index in [0.717, 1.165) is 35.2 Å². The lowest BCUT2D eigenvalue weighted by atomic mass is 9.83. The van der Waals surface area contributed by atoms with E-state index in [2.05, 4.69) is 12.1 Å². The van der Waals surface area contributed by atoms with Crippen LogP contribution in [-0.4, -0.2) is 23.7 Å². The summed E-state index contributed by atoms with van der Waals surface area (Å²) in [7, 11) is 3.01. The highest BCUT2D eigenvalue weighted by molar-refractivity contribution is 7.07. The first-order valence-electron chi connectivity index (χ1n) is 12.1. The fraction of sp³-hybridized carbons (Fsp3) is 0.172. The Morgan fingerprint density at radius 2 is 1.89 bits per heavy atom. The van der Waals surface area contributed by atoms with Crippen LogP contribution in [0.5, 0.6) is 11.5 Å². The quantitative estimate of drug-likeness (QED) is 0.287. The molecular formula is C29H23N3O5S. The third kappa shape index (κ3) is 3.92. The van der Waals surface area contributed by atoms with E-state index in [9.17, 15) is 14.9 Å². The number of ether oxygens (including phenoxy) is 2. The maximum atomic E-state index is 13.9. The van der Waals surface area contributed by atoms with Crippen molar-refractivity contribution in [1.29, 1.82) is 0 Å². The van der Waals surface area contributed by atoms with Crippen LogP contribution in [0.4, 0.5) is 5.69 Å². The van der Waals surface area contributed by atoms with E-state index in [1.54, 1.807) is 23.8 Å². The van der Waals surface area contributed by atoms with E-state index in [1.165, 1.54) is 36.1 Å². The van der Waals surface area contributed by atoms with Crippen molar-refractivity contribution < 1.29 is 14.4 Å². The number of nitro benzene ring substituents is 1. The summed E-state index contributed by atoms with van der Waals surface area (Å²) in [6, 6.07) is 20.4. The number of rotatable bonds is 5. The van der Waals surface area contributed by atoms with Crippen molar-refractivity contribution >= 4 is 28.8 Å². The van der Waals surface area contributed by atoms with Crippen molar-refractivity contribution in [1.82, 2.24) is 4.57 Å². The van der Waals surface area contributed by atoms with Gasteiger partial charge in [-0.25, -0.2) is 4.99 Å². The van der Waals surface area contributed by atoms with Gasteiger partial charge in [0, 0.05) is 11.6 Å². The predicted octanol–water partition coefficient (Wildman–Crippen LogP) is 4.24. The molecule has 190 valence electrons. The summed E-state index contributed by atoms with van der Waals surface area (Å²) >= 11 is 1.28. The van der Waals surface area contributed by atoms with Gasteiger partial charge in [-0.3, -0.25) is 19.5 Å². The first-order chi connectivity index (χ1) is 18.5. The van der Waals surface area contributed by atoms with Crippen LogP contribution < -0.4 is 24.4 Å². The second-order valence-electron chi connectivity index (χ2n) is 9.08. The topological polar surface area (TPSA) is 96.0 Å². The van der Waals surface area contributed by atoms with Gasteiger partial charge in [0.2, 0.25) is 0 Å². The van der Waals surface area contributed by atoms with Gasteiger partial charge < -0.3 is 9.47 Å². The third-order valence-corrected chi connectivity index (χ3v) is 7.96. The first-order valence-corrected chi connectivity index (χ1v) is 12.9. The van der Waals surface area contributed by atoms with E-state index in [-0.39, 0.29) is 23.0 Å². The second-order valence-corrected chi connectivity index (χ2v) is 10.1. The molecule has 0 bridgehead atoms. The number of methoxy groups -OCH3 is 2. The molecule has 6 rings (SSSR count). The van der Waals surface area contributed by atoms with E-state index in [0.29, 0.717) is 20.6 Å². The molecule has 0 unspecified atom stereocenters. The van der Waals surface area contributed by atoms with Crippen LogP contribution in [-0.2, 0) is 6.42 Å². The molecule has 1 aliphatic carbocycles. The fourth-order valence-corrected chi connectivity index (χ4v) is 6.23. The summed E-state index contributed by atoms with van der Waals surface area (Å²) in [4.78, 5) is 30.5. The maximum Gasteiger partial charge on any atom is 0.311 e. The van der Waals surface area contributed by atoms with Crippen LogP contribution in [0.15, 0.2) is 82.1 Å². The van der Waals surface area contributed by atoms with Gasteiger partial charge in [0.1, 0.15) is 5.75 Å². The van der Waals surface area contributed by atoms with Gasteiger partial charge in [-0.15, -0.1) is 0 Å². The Morgan fingerprint density at radius 3 is 2.68 bits per heavy atom. The normalized spacial score (nSPS) is 16.3. The Bertz CT molecular complexity index is 1820. The largest absolute Gasteiger partial charge is 0.497 e. The van der Waals surface area contributed by atoms with Crippen LogP contribution in [0.3, 0.4) is 0 Å². The van der Waals surface area contributed by atoms with E-state index in [4.69, 9.17) is 14.5 Å². The van der Waals surface area contributed by atoms with Crippen LogP contribution >= 0.6 is 11.3 Å². The van der Waals surface area contributed by atoms with Crippen LogP contribution in [0, 0.1) is 10.1 Å². The van der Waals surface area contributed by atoms with Gasteiger partial charge in [-0.05, 0) is 59.4 Å². The molecule has 0 radical (unpaired) electrons. The Balaban J connectivity index is 1.59. The third-order valence-electron chi connectivity index (χ3n) is 6.98. The van der Waals surface area contributed by atoms with Gasteiger partial charge in [0.05, 0.1) is 35.4 Å². The molecule has 0 spiro atoms. The van der Waals surface area contributed by atoms with Gasteiger partial charge in [0.25, 0.3) is 5.56 Å². The SMILES string of the molecule is COc1cccc([C@@H]2C3=C(N=c4s/c(=C\c5ccc(OC)c([N+](=O)[O-])c5)c(=O)n42)c2ccccc2CC3)c1. The number of nitro groups is 1. The second kappa shape index (κ2) is 9.42. The monoisotopic (exact) mass is 525 g/mol.